The summed E-state index contributed by atoms with van der Waals surface area (Å²) in [6, 6.07) is 16.4. The van der Waals surface area contributed by atoms with Gasteiger partial charge in [-0.15, -0.1) is 49.6 Å². The lowest BCUT2D eigenvalue weighted by Crippen LogP contribution is -2.20. The first-order valence-corrected chi connectivity index (χ1v) is 16.0. The predicted octanol–water partition coefficient (Wildman–Crippen LogP) is 7.37. The molecule has 45 heavy (non-hydrogen) atoms. The Balaban J connectivity index is -0.00000441. The highest BCUT2D eigenvalue weighted by Crippen LogP contribution is 2.17. The maximum absolute atomic E-state index is 5.78. The van der Waals surface area contributed by atoms with Crippen LogP contribution in [0.15, 0.2) is 48.5 Å². The van der Waals surface area contributed by atoms with Crippen molar-refractivity contribution in [3.63, 3.8) is 0 Å². The minimum absolute atomic E-state index is 0. The van der Waals surface area contributed by atoms with E-state index in [-0.39, 0.29) is 49.6 Å². The summed E-state index contributed by atoms with van der Waals surface area (Å²) >= 11 is 0. The highest BCUT2D eigenvalue weighted by molar-refractivity contribution is 5.86. The first kappa shape index (κ1) is 48.4. The maximum atomic E-state index is 5.78. The van der Waals surface area contributed by atoms with Crippen LogP contribution in [0.3, 0.4) is 0 Å². The molecular formula is C34H62Cl4N4O3. The van der Waals surface area contributed by atoms with Crippen LogP contribution in [0.25, 0.3) is 0 Å². The fourth-order valence-electron chi connectivity index (χ4n) is 4.80. The predicted molar refractivity (Wildman–Crippen MR) is 201 cm³/mol. The molecule has 0 radical (unpaired) electrons. The minimum Gasteiger partial charge on any atom is -0.496 e. The van der Waals surface area contributed by atoms with Gasteiger partial charge in [0, 0.05) is 37.4 Å². The highest BCUT2D eigenvalue weighted by atomic mass is 35.5. The van der Waals surface area contributed by atoms with Crippen LogP contribution in [0.1, 0.15) is 75.3 Å². The molecule has 0 unspecified atom stereocenters. The Labute approximate surface area is 299 Å². The Morgan fingerprint density at radius 2 is 0.756 bits per heavy atom. The van der Waals surface area contributed by atoms with Crippen LogP contribution in [-0.4, -0.2) is 66.7 Å². The van der Waals surface area contributed by atoms with Crippen LogP contribution in [0.2, 0.25) is 0 Å². The number of ether oxygens (including phenoxy) is 3. The van der Waals surface area contributed by atoms with Crippen molar-refractivity contribution in [2.24, 2.45) is 0 Å². The van der Waals surface area contributed by atoms with E-state index in [9.17, 15) is 0 Å². The molecule has 11 heteroatoms. The molecule has 0 spiro atoms. The number of methoxy groups -OCH3 is 2. The molecule has 4 N–H and O–H groups in total. The summed E-state index contributed by atoms with van der Waals surface area (Å²) in [5, 5.41) is 14.2. The summed E-state index contributed by atoms with van der Waals surface area (Å²) in [7, 11) is 3.46. The summed E-state index contributed by atoms with van der Waals surface area (Å²) < 4.78 is 16.6. The number of nitrogens with one attached hydrogen (secondary N) is 4. The third-order valence-electron chi connectivity index (χ3n) is 7.21. The van der Waals surface area contributed by atoms with Crippen LogP contribution < -0.4 is 30.7 Å². The van der Waals surface area contributed by atoms with E-state index in [2.05, 4.69) is 45.5 Å². The number of hydrogen-bond acceptors (Lipinski definition) is 7. The molecule has 0 amide bonds. The normalized spacial score (nSPS) is 10.2. The quantitative estimate of drug-likeness (QED) is 0.0686. The van der Waals surface area contributed by atoms with Crippen molar-refractivity contribution in [2.45, 2.75) is 77.3 Å². The summed E-state index contributed by atoms with van der Waals surface area (Å²) in [5.41, 5.74) is 2.45. The molecule has 0 heterocycles. The number of rotatable bonds is 28. The van der Waals surface area contributed by atoms with E-state index in [4.69, 9.17) is 14.2 Å². The van der Waals surface area contributed by atoms with E-state index in [1.165, 1.54) is 62.5 Å². The third kappa shape index (κ3) is 25.7. The van der Waals surface area contributed by atoms with E-state index in [1.807, 2.05) is 24.3 Å². The molecule has 2 aromatic rings. The van der Waals surface area contributed by atoms with Gasteiger partial charge in [0.2, 0.25) is 0 Å². The van der Waals surface area contributed by atoms with Crippen LogP contribution in [-0.2, 0) is 17.8 Å². The maximum Gasteiger partial charge on any atom is 0.123 e. The summed E-state index contributed by atoms with van der Waals surface area (Å²) in [5.74, 6) is 1.93. The Morgan fingerprint density at radius 3 is 1.13 bits per heavy atom. The molecule has 0 bridgehead atoms. The average molecular weight is 717 g/mol. The van der Waals surface area contributed by atoms with E-state index < -0.39 is 0 Å². The summed E-state index contributed by atoms with van der Waals surface area (Å²) in [6.07, 6.45) is 12.3. The second-order valence-electron chi connectivity index (χ2n) is 10.6. The number of para-hydroxylation sites is 2. The molecule has 0 aliphatic carbocycles. The second-order valence-corrected chi connectivity index (χ2v) is 10.6. The van der Waals surface area contributed by atoms with Crippen LogP contribution in [0, 0.1) is 0 Å². The van der Waals surface area contributed by atoms with E-state index in [0.29, 0.717) is 0 Å². The van der Waals surface area contributed by atoms with Crippen LogP contribution >= 0.6 is 49.6 Å². The van der Waals surface area contributed by atoms with Gasteiger partial charge in [-0.3, -0.25) is 0 Å². The van der Waals surface area contributed by atoms with Crippen molar-refractivity contribution in [1.29, 1.82) is 0 Å². The SMILES string of the molecule is COc1ccccc1CNCCCCCCNCCCOCCCNCCCCCCNCc1ccccc1OC.Cl.Cl.Cl.Cl. The Bertz CT molecular complexity index is 817. The molecule has 264 valence electrons. The monoisotopic (exact) mass is 714 g/mol. The fourth-order valence-corrected chi connectivity index (χ4v) is 4.80. The van der Waals surface area contributed by atoms with Crippen molar-refractivity contribution in [3.8, 4) is 11.5 Å². The Morgan fingerprint density at radius 1 is 0.422 bits per heavy atom. The van der Waals surface area contributed by atoms with Gasteiger partial charge in [0.05, 0.1) is 14.2 Å². The number of benzene rings is 2. The number of hydrogen-bond donors (Lipinski definition) is 4. The molecule has 7 nitrogen and oxygen atoms in total. The molecule has 0 atom stereocenters. The third-order valence-corrected chi connectivity index (χ3v) is 7.21. The minimum atomic E-state index is 0. The van der Waals surface area contributed by atoms with Gasteiger partial charge in [-0.25, -0.2) is 0 Å². The first-order valence-electron chi connectivity index (χ1n) is 16.0. The van der Waals surface area contributed by atoms with Gasteiger partial charge in [0.25, 0.3) is 0 Å². The van der Waals surface area contributed by atoms with Gasteiger partial charge in [-0.1, -0.05) is 62.1 Å². The first-order chi connectivity index (χ1) is 20.3. The van der Waals surface area contributed by atoms with Gasteiger partial charge in [-0.2, -0.15) is 0 Å². The van der Waals surface area contributed by atoms with Crippen molar-refractivity contribution < 1.29 is 14.2 Å². The zero-order chi connectivity index (χ0) is 29.1. The zero-order valence-electron chi connectivity index (χ0n) is 27.6. The summed E-state index contributed by atoms with van der Waals surface area (Å²) in [4.78, 5) is 0. The topological polar surface area (TPSA) is 75.8 Å². The van der Waals surface area contributed by atoms with Crippen molar-refractivity contribution in [1.82, 2.24) is 21.3 Å². The molecular weight excluding hydrogens is 654 g/mol. The number of halogens is 4. The zero-order valence-corrected chi connectivity index (χ0v) is 30.9. The average Bonchev–Trinajstić information content (AvgIpc) is 3.01. The lowest BCUT2D eigenvalue weighted by Gasteiger charge is -2.09. The molecule has 0 fully saturated rings. The molecule has 2 aromatic carbocycles. The molecule has 0 saturated heterocycles. The van der Waals surface area contributed by atoms with Gasteiger partial charge in [0.1, 0.15) is 11.5 Å². The van der Waals surface area contributed by atoms with Gasteiger partial charge in [-0.05, 0) is 89.9 Å². The molecule has 2 rings (SSSR count). The van der Waals surface area contributed by atoms with Crippen molar-refractivity contribution in [2.75, 3.05) is 66.7 Å². The molecule has 0 aromatic heterocycles. The molecule has 0 aliphatic rings. The van der Waals surface area contributed by atoms with Crippen molar-refractivity contribution >= 4 is 49.6 Å². The smallest absolute Gasteiger partial charge is 0.123 e. The van der Waals surface area contributed by atoms with Gasteiger partial charge in [0.15, 0.2) is 0 Å². The fraction of sp³-hybridized carbons (Fsp3) is 0.647. The highest BCUT2D eigenvalue weighted by Gasteiger charge is 2.01. The second kappa shape index (κ2) is 35.8. The lowest BCUT2D eigenvalue weighted by molar-refractivity contribution is 0.129. The van der Waals surface area contributed by atoms with Crippen molar-refractivity contribution in [3.05, 3.63) is 59.7 Å². The van der Waals surface area contributed by atoms with Gasteiger partial charge < -0.3 is 35.5 Å². The van der Waals surface area contributed by atoms with E-state index in [0.717, 1.165) is 89.9 Å². The Kier molecular flexibility index (Phi) is 38.6. The van der Waals surface area contributed by atoms with Gasteiger partial charge >= 0.3 is 0 Å². The lowest BCUT2D eigenvalue weighted by atomic mass is 10.1. The van der Waals surface area contributed by atoms with Crippen LogP contribution in [0.5, 0.6) is 11.5 Å². The molecule has 0 saturated carbocycles. The largest absolute Gasteiger partial charge is 0.496 e. The molecule has 0 aliphatic heterocycles. The number of unbranched alkanes of at least 4 members (excludes halogenated alkanes) is 6. The summed E-state index contributed by atoms with van der Waals surface area (Å²) in [6.45, 7) is 9.89. The van der Waals surface area contributed by atoms with E-state index >= 15 is 0 Å². The standard InChI is InChI=1S/C34H58N4O3.4ClH/c1-39-33-19-9-7-17-31(33)29-37-23-13-5-3-11-21-35-25-15-27-41-28-16-26-36-22-12-4-6-14-24-38-30-32-18-8-10-20-34(32)40-2;;;;/h7-10,17-20,35-38H,3-6,11-16,21-30H2,1-2H3;4*1H. The van der Waals surface area contributed by atoms with E-state index in [1.54, 1.807) is 14.2 Å². The van der Waals surface area contributed by atoms with Crippen LogP contribution in [0.4, 0.5) is 0 Å². The Hall–Kier alpha value is -1.000.